The van der Waals surface area contributed by atoms with Crippen LogP contribution in [0, 0.1) is 0 Å². The standard InChI is InChI=1S/C8H16N4O3S/c1-9-4-2-6-16(13,14)12-5-3-8-10-7-11-15-8/h7,9,12H,2-6H2,1H3. The summed E-state index contributed by atoms with van der Waals surface area (Å²) in [6, 6.07) is 0. The number of rotatable bonds is 8. The Morgan fingerprint density at radius 1 is 1.44 bits per heavy atom. The largest absolute Gasteiger partial charge is 0.340 e. The maximum absolute atomic E-state index is 11.4. The highest BCUT2D eigenvalue weighted by molar-refractivity contribution is 7.89. The van der Waals surface area contributed by atoms with Gasteiger partial charge in [-0.25, -0.2) is 13.1 Å². The van der Waals surface area contributed by atoms with Crippen LogP contribution in [-0.2, 0) is 16.4 Å². The molecule has 0 saturated heterocycles. The summed E-state index contributed by atoms with van der Waals surface area (Å²) >= 11 is 0. The zero-order valence-corrected chi connectivity index (χ0v) is 9.96. The Hall–Kier alpha value is -0.990. The molecule has 0 saturated carbocycles. The Balaban J connectivity index is 2.20. The van der Waals surface area contributed by atoms with Crippen molar-refractivity contribution in [3.63, 3.8) is 0 Å². The van der Waals surface area contributed by atoms with Crippen molar-refractivity contribution in [2.24, 2.45) is 0 Å². The topological polar surface area (TPSA) is 97.1 Å². The average Bonchev–Trinajstić information content (AvgIpc) is 2.70. The summed E-state index contributed by atoms with van der Waals surface area (Å²) in [6.07, 6.45) is 2.29. The van der Waals surface area contributed by atoms with Gasteiger partial charge >= 0.3 is 0 Å². The van der Waals surface area contributed by atoms with Crippen LogP contribution in [0.5, 0.6) is 0 Å². The van der Waals surface area contributed by atoms with E-state index in [-0.39, 0.29) is 12.3 Å². The Kier molecular flexibility index (Phi) is 5.36. The second-order valence-electron chi connectivity index (χ2n) is 3.26. The van der Waals surface area contributed by atoms with Crippen molar-refractivity contribution in [1.82, 2.24) is 20.2 Å². The molecular formula is C8H16N4O3S. The maximum atomic E-state index is 11.4. The molecule has 0 bridgehead atoms. The number of nitrogens with one attached hydrogen (secondary N) is 2. The van der Waals surface area contributed by atoms with Crippen LogP contribution in [0.1, 0.15) is 12.3 Å². The molecule has 7 nitrogen and oxygen atoms in total. The average molecular weight is 248 g/mol. The minimum atomic E-state index is -3.19. The number of sulfonamides is 1. The predicted molar refractivity (Wildman–Crippen MR) is 58.3 cm³/mol. The van der Waals surface area contributed by atoms with E-state index in [2.05, 4.69) is 20.2 Å². The number of nitrogens with zero attached hydrogens (tertiary/aromatic N) is 2. The molecule has 0 aliphatic carbocycles. The van der Waals surface area contributed by atoms with Gasteiger partial charge in [0.05, 0.1) is 5.75 Å². The first-order chi connectivity index (χ1) is 7.64. The van der Waals surface area contributed by atoms with E-state index in [9.17, 15) is 8.42 Å². The molecule has 16 heavy (non-hydrogen) atoms. The second kappa shape index (κ2) is 6.56. The van der Waals surface area contributed by atoms with Crippen LogP contribution in [0.3, 0.4) is 0 Å². The fraction of sp³-hybridized carbons (Fsp3) is 0.750. The Labute approximate surface area is 94.7 Å². The van der Waals surface area contributed by atoms with Crippen LogP contribution < -0.4 is 10.0 Å². The van der Waals surface area contributed by atoms with Crippen molar-refractivity contribution in [1.29, 1.82) is 0 Å². The van der Waals surface area contributed by atoms with Crippen LogP contribution >= 0.6 is 0 Å². The van der Waals surface area contributed by atoms with Crippen molar-refractivity contribution in [2.45, 2.75) is 12.8 Å². The van der Waals surface area contributed by atoms with Gasteiger partial charge in [0.25, 0.3) is 0 Å². The van der Waals surface area contributed by atoms with Crippen molar-refractivity contribution in [2.75, 3.05) is 25.9 Å². The second-order valence-corrected chi connectivity index (χ2v) is 5.18. The van der Waals surface area contributed by atoms with Crippen LogP contribution in [-0.4, -0.2) is 44.4 Å². The molecule has 0 radical (unpaired) electrons. The van der Waals surface area contributed by atoms with E-state index in [0.29, 0.717) is 25.3 Å². The lowest BCUT2D eigenvalue weighted by molar-refractivity contribution is 0.377. The van der Waals surface area contributed by atoms with Crippen molar-refractivity contribution < 1.29 is 12.9 Å². The van der Waals surface area contributed by atoms with Gasteiger partial charge in [0.15, 0.2) is 6.33 Å². The molecule has 1 aromatic rings. The van der Waals surface area contributed by atoms with Gasteiger partial charge in [0, 0.05) is 13.0 Å². The minimum absolute atomic E-state index is 0.123. The molecule has 0 aliphatic heterocycles. The third-order valence-electron chi connectivity index (χ3n) is 1.91. The van der Waals surface area contributed by atoms with Crippen LogP contribution in [0.4, 0.5) is 0 Å². The van der Waals surface area contributed by atoms with Crippen LogP contribution in [0.2, 0.25) is 0 Å². The van der Waals surface area contributed by atoms with Crippen molar-refractivity contribution in [3.05, 3.63) is 12.2 Å². The van der Waals surface area contributed by atoms with Crippen LogP contribution in [0.15, 0.2) is 10.9 Å². The van der Waals surface area contributed by atoms with E-state index in [1.807, 2.05) is 0 Å². The normalized spacial score (nSPS) is 11.8. The van der Waals surface area contributed by atoms with Gasteiger partial charge in [-0.05, 0) is 20.0 Å². The molecular weight excluding hydrogens is 232 g/mol. The van der Waals surface area contributed by atoms with Gasteiger partial charge in [-0.1, -0.05) is 5.16 Å². The summed E-state index contributed by atoms with van der Waals surface area (Å²) in [5.74, 6) is 0.551. The van der Waals surface area contributed by atoms with E-state index >= 15 is 0 Å². The molecule has 0 unspecified atom stereocenters. The Morgan fingerprint density at radius 2 is 2.25 bits per heavy atom. The SMILES string of the molecule is CNCCCS(=O)(=O)NCCc1ncno1. The van der Waals surface area contributed by atoms with E-state index in [1.54, 1.807) is 7.05 Å². The minimum Gasteiger partial charge on any atom is -0.340 e. The summed E-state index contributed by atoms with van der Waals surface area (Å²) in [7, 11) is -1.40. The molecule has 0 aliphatic rings. The van der Waals surface area contributed by atoms with E-state index in [0.717, 1.165) is 0 Å². The zero-order chi connectivity index (χ0) is 11.9. The number of hydrogen-bond acceptors (Lipinski definition) is 6. The lowest BCUT2D eigenvalue weighted by Gasteiger charge is -2.04. The quantitative estimate of drug-likeness (QED) is 0.581. The molecule has 0 fully saturated rings. The first-order valence-electron chi connectivity index (χ1n) is 5.01. The fourth-order valence-corrected chi connectivity index (χ4v) is 2.21. The predicted octanol–water partition coefficient (Wildman–Crippen LogP) is -0.859. The summed E-state index contributed by atoms with van der Waals surface area (Å²) < 4.78 is 30.1. The Morgan fingerprint density at radius 3 is 2.88 bits per heavy atom. The summed E-state index contributed by atoms with van der Waals surface area (Å²) in [4.78, 5) is 3.79. The first kappa shape index (κ1) is 13.1. The van der Waals surface area contributed by atoms with Gasteiger partial charge in [-0.15, -0.1) is 0 Å². The molecule has 1 heterocycles. The number of aromatic nitrogens is 2. The zero-order valence-electron chi connectivity index (χ0n) is 9.14. The van der Waals surface area contributed by atoms with E-state index < -0.39 is 10.0 Å². The smallest absolute Gasteiger partial charge is 0.227 e. The fourth-order valence-electron chi connectivity index (χ4n) is 1.13. The van der Waals surface area contributed by atoms with Gasteiger partial charge < -0.3 is 9.84 Å². The maximum Gasteiger partial charge on any atom is 0.227 e. The highest BCUT2D eigenvalue weighted by atomic mass is 32.2. The molecule has 2 N–H and O–H groups in total. The van der Waals surface area contributed by atoms with Gasteiger partial charge in [-0.2, -0.15) is 4.98 Å². The number of hydrogen-bond donors (Lipinski definition) is 2. The van der Waals surface area contributed by atoms with E-state index in [1.165, 1.54) is 6.33 Å². The molecule has 8 heteroatoms. The third-order valence-corrected chi connectivity index (χ3v) is 3.38. The van der Waals surface area contributed by atoms with Gasteiger partial charge in [0.1, 0.15) is 0 Å². The Bertz CT molecular complexity index is 376. The summed E-state index contributed by atoms with van der Waals surface area (Å²) in [5, 5.41) is 6.32. The van der Waals surface area contributed by atoms with Gasteiger partial charge in [-0.3, -0.25) is 0 Å². The lowest BCUT2D eigenvalue weighted by Crippen LogP contribution is -2.29. The lowest BCUT2D eigenvalue weighted by atomic mass is 10.4. The molecule has 0 spiro atoms. The van der Waals surface area contributed by atoms with Crippen molar-refractivity contribution in [3.8, 4) is 0 Å². The van der Waals surface area contributed by atoms with Gasteiger partial charge in [0.2, 0.25) is 15.9 Å². The first-order valence-corrected chi connectivity index (χ1v) is 6.67. The molecule has 0 amide bonds. The molecule has 1 rings (SSSR count). The molecule has 1 aromatic heterocycles. The monoisotopic (exact) mass is 248 g/mol. The highest BCUT2D eigenvalue weighted by Gasteiger charge is 2.09. The molecule has 0 atom stereocenters. The van der Waals surface area contributed by atoms with Crippen LogP contribution in [0.25, 0.3) is 0 Å². The summed E-state index contributed by atoms with van der Waals surface area (Å²) in [6.45, 7) is 0.967. The third kappa shape index (κ3) is 5.19. The molecule has 92 valence electrons. The highest BCUT2D eigenvalue weighted by Crippen LogP contribution is 1.93. The van der Waals surface area contributed by atoms with E-state index in [4.69, 9.17) is 4.52 Å². The molecule has 0 aromatic carbocycles. The van der Waals surface area contributed by atoms with Crippen molar-refractivity contribution >= 4 is 10.0 Å². The summed E-state index contributed by atoms with van der Waals surface area (Å²) in [5.41, 5.74) is 0.